The average Bonchev–Trinajstić information content (AvgIpc) is 2.98. The number of aryl methyl sites for hydroxylation is 1. The van der Waals surface area contributed by atoms with Gasteiger partial charge in [-0.2, -0.15) is 0 Å². The fraction of sp³-hybridized carbons (Fsp3) is 0.652. The zero-order valence-corrected chi connectivity index (χ0v) is 18.5. The summed E-state index contributed by atoms with van der Waals surface area (Å²) in [6.07, 6.45) is 11.3. The first-order chi connectivity index (χ1) is 13.1. The van der Waals surface area contributed by atoms with Crippen molar-refractivity contribution in [1.29, 1.82) is 0 Å². The maximum Gasteiger partial charge on any atom is 0.149 e. The van der Waals surface area contributed by atoms with Gasteiger partial charge in [0.05, 0.1) is 7.11 Å². The Morgan fingerprint density at radius 3 is 2.74 bits per heavy atom. The number of methoxy groups -OCH3 is 1. The molecule has 3 aliphatic rings. The van der Waals surface area contributed by atoms with Crippen LogP contribution in [0.25, 0.3) is 0 Å². The molecular weight excluding hydrogens is 372 g/mol. The first-order valence-corrected chi connectivity index (χ1v) is 12.4. The Morgan fingerprint density at radius 1 is 1.15 bits per heavy atom. The van der Waals surface area contributed by atoms with Crippen LogP contribution in [-0.2, 0) is 10.6 Å². The van der Waals surface area contributed by atoms with Crippen LogP contribution in [0.2, 0.25) is 0 Å². The molecule has 1 aromatic rings. The van der Waals surface area contributed by atoms with Crippen LogP contribution in [0.5, 0.6) is 5.75 Å². The summed E-state index contributed by atoms with van der Waals surface area (Å²) in [5.74, 6) is 6.71. The van der Waals surface area contributed by atoms with Gasteiger partial charge in [-0.05, 0) is 103 Å². The molecule has 146 valence electrons. The molecule has 0 aliphatic heterocycles. The van der Waals surface area contributed by atoms with Gasteiger partial charge in [0.25, 0.3) is 0 Å². The fourth-order valence-corrected chi connectivity index (χ4v) is 7.19. The minimum absolute atomic E-state index is 0.157. The molecule has 0 radical (unpaired) electrons. The number of ether oxygens (including phenoxy) is 1. The predicted octanol–water partition coefficient (Wildman–Crippen LogP) is 5.91. The Balaban J connectivity index is 1.67. The number of hydrogen-bond acceptors (Lipinski definition) is 4. The van der Waals surface area contributed by atoms with Crippen molar-refractivity contribution >= 4 is 23.8 Å². The largest absolute Gasteiger partial charge is 0.497 e. The maximum atomic E-state index is 6.36. The molecule has 27 heavy (non-hydrogen) atoms. The van der Waals surface area contributed by atoms with Crippen LogP contribution in [0.3, 0.4) is 0 Å². The van der Waals surface area contributed by atoms with Crippen LogP contribution in [0.1, 0.15) is 56.1 Å². The standard InChI is InChI=1S/C23H30O2S2/c1-22-11-9-19-18-8-6-17(24-2)15-16(18)5-7-20(19)21(22)10-12-23(22,25-27-4)13-14-26-3/h6,8,15,19-21H,5,7,9-12H2,1-4H3. The second-order valence-electron chi connectivity index (χ2n) is 8.48. The maximum absolute atomic E-state index is 6.36. The van der Waals surface area contributed by atoms with Gasteiger partial charge in [0.2, 0.25) is 0 Å². The third-order valence-corrected chi connectivity index (χ3v) is 8.39. The number of hydrogen-bond donors (Lipinski definition) is 0. The van der Waals surface area contributed by atoms with E-state index in [0.717, 1.165) is 18.1 Å². The Hall–Kier alpha value is -0.760. The van der Waals surface area contributed by atoms with Crippen molar-refractivity contribution in [2.75, 3.05) is 19.6 Å². The summed E-state index contributed by atoms with van der Waals surface area (Å²) in [6, 6.07) is 6.75. The summed E-state index contributed by atoms with van der Waals surface area (Å²) in [6.45, 7) is 2.47. The van der Waals surface area contributed by atoms with Crippen LogP contribution in [0, 0.1) is 28.4 Å². The monoisotopic (exact) mass is 402 g/mol. The smallest absolute Gasteiger partial charge is 0.149 e. The lowest BCUT2D eigenvalue weighted by atomic mass is 9.53. The van der Waals surface area contributed by atoms with Crippen LogP contribution in [0.4, 0.5) is 0 Å². The van der Waals surface area contributed by atoms with E-state index < -0.39 is 0 Å². The minimum atomic E-state index is -0.286. The van der Waals surface area contributed by atoms with Gasteiger partial charge >= 0.3 is 0 Å². The van der Waals surface area contributed by atoms with Gasteiger partial charge in [-0.3, -0.25) is 4.18 Å². The number of rotatable bonds is 3. The Kier molecular flexibility index (Phi) is 5.49. The summed E-state index contributed by atoms with van der Waals surface area (Å²) >= 11 is 3.10. The fourth-order valence-electron chi connectivity index (χ4n) is 6.32. The molecule has 4 heteroatoms. The van der Waals surface area contributed by atoms with E-state index in [1.54, 1.807) is 24.4 Å². The van der Waals surface area contributed by atoms with Gasteiger partial charge < -0.3 is 4.74 Å². The van der Waals surface area contributed by atoms with E-state index >= 15 is 0 Å². The average molecular weight is 403 g/mol. The SMILES string of the molecule is COc1ccc2c(c1)CCC1C2CCC2(C)C1CCC2(C#CSC)OSC. The lowest BCUT2D eigenvalue weighted by Crippen LogP contribution is -2.50. The quantitative estimate of drug-likeness (QED) is 0.462. The molecule has 2 saturated carbocycles. The molecule has 5 unspecified atom stereocenters. The molecular formula is C23H30O2S2. The van der Waals surface area contributed by atoms with E-state index in [1.807, 2.05) is 6.26 Å². The molecule has 0 aromatic heterocycles. The van der Waals surface area contributed by atoms with Crippen LogP contribution in [-0.4, -0.2) is 25.2 Å². The van der Waals surface area contributed by atoms with Gasteiger partial charge in [0, 0.05) is 11.7 Å². The van der Waals surface area contributed by atoms with Crippen LogP contribution >= 0.6 is 23.8 Å². The molecule has 2 fully saturated rings. The summed E-state index contributed by atoms with van der Waals surface area (Å²) in [7, 11) is 1.76. The summed E-state index contributed by atoms with van der Waals surface area (Å²) in [5.41, 5.74) is 2.95. The van der Waals surface area contributed by atoms with Gasteiger partial charge in [-0.15, -0.1) is 0 Å². The van der Waals surface area contributed by atoms with Crippen molar-refractivity contribution in [3.63, 3.8) is 0 Å². The molecule has 0 saturated heterocycles. The first-order valence-electron chi connectivity index (χ1n) is 10.0. The van der Waals surface area contributed by atoms with Crippen molar-refractivity contribution in [3.8, 4) is 16.9 Å². The van der Waals surface area contributed by atoms with Crippen LogP contribution < -0.4 is 4.74 Å². The zero-order chi connectivity index (χ0) is 19.1. The van der Waals surface area contributed by atoms with E-state index in [2.05, 4.69) is 42.6 Å². The lowest BCUT2D eigenvalue weighted by Gasteiger charge is -2.52. The summed E-state index contributed by atoms with van der Waals surface area (Å²) in [4.78, 5) is 0. The molecule has 0 spiro atoms. The van der Waals surface area contributed by atoms with Gasteiger partial charge in [-0.1, -0.05) is 30.7 Å². The van der Waals surface area contributed by atoms with Gasteiger partial charge in [-0.25, -0.2) is 0 Å². The zero-order valence-electron chi connectivity index (χ0n) is 16.8. The van der Waals surface area contributed by atoms with Crippen molar-refractivity contribution in [3.05, 3.63) is 29.3 Å². The van der Waals surface area contributed by atoms with Crippen molar-refractivity contribution in [1.82, 2.24) is 0 Å². The normalized spacial score (nSPS) is 36.8. The minimum Gasteiger partial charge on any atom is -0.497 e. The first kappa shape index (κ1) is 19.6. The number of benzene rings is 1. The molecule has 0 heterocycles. The second-order valence-corrected chi connectivity index (χ2v) is 9.60. The molecule has 1 aromatic carbocycles. The van der Waals surface area contributed by atoms with Crippen molar-refractivity contribution in [2.24, 2.45) is 17.3 Å². The Labute approximate surface area is 172 Å². The molecule has 0 amide bonds. The lowest BCUT2D eigenvalue weighted by molar-refractivity contribution is -0.0397. The highest BCUT2D eigenvalue weighted by Gasteiger charge is 2.62. The third kappa shape index (κ3) is 3.02. The molecule has 5 atom stereocenters. The Morgan fingerprint density at radius 2 is 2.00 bits per heavy atom. The summed E-state index contributed by atoms with van der Waals surface area (Å²) in [5, 5.41) is 3.29. The van der Waals surface area contributed by atoms with Gasteiger partial charge in [0.1, 0.15) is 11.4 Å². The second kappa shape index (κ2) is 7.58. The van der Waals surface area contributed by atoms with E-state index in [9.17, 15) is 0 Å². The Bertz CT molecular complexity index is 767. The van der Waals surface area contributed by atoms with E-state index in [0.29, 0.717) is 11.8 Å². The number of fused-ring (bicyclic) bond motifs is 5. The highest BCUT2D eigenvalue weighted by atomic mass is 32.2. The van der Waals surface area contributed by atoms with Crippen LogP contribution in [0.15, 0.2) is 18.2 Å². The molecule has 3 aliphatic carbocycles. The van der Waals surface area contributed by atoms with E-state index in [-0.39, 0.29) is 11.0 Å². The van der Waals surface area contributed by atoms with Crippen molar-refractivity contribution in [2.45, 2.75) is 57.0 Å². The van der Waals surface area contributed by atoms with E-state index in [1.165, 1.54) is 49.7 Å². The molecule has 2 nitrogen and oxygen atoms in total. The van der Waals surface area contributed by atoms with Crippen molar-refractivity contribution < 1.29 is 8.92 Å². The number of thioether (sulfide) groups is 1. The van der Waals surface area contributed by atoms with Gasteiger partial charge in [0.15, 0.2) is 0 Å². The highest BCUT2D eigenvalue weighted by Crippen LogP contribution is 2.65. The molecule has 0 bridgehead atoms. The summed E-state index contributed by atoms with van der Waals surface area (Å²) < 4.78 is 11.8. The third-order valence-electron chi connectivity index (χ3n) is 7.63. The highest BCUT2D eigenvalue weighted by molar-refractivity contribution is 8.03. The molecule has 0 N–H and O–H groups in total. The van der Waals surface area contributed by atoms with E-state index in [4.69, 9.17) is 8.92 Å². The topological polar surface area (TPSA) is 18.5 Å². The molecule has 4 rings (SSSR count). The predicted molar refractivity (Wildman–Crippen MR) is 116 cm³/mol.